The van der Waals surface area contributed by atoms with Gasteiger partial charge in [-0.3, -0.25) is 0 Å². The van der Waals surface area contributed by atoms with Crippen molar-refractivity contribution in [2.75, 3.05) is 20.6 Å². The van der Waals surface area contributed by atoms with Crippen molar-refractivity contribution in [1.29, 1.82) is 0 Å². The number of rotatable bonds is 3. The number of hydrogen-bond donors (Lipinski definition) is 2. The number of nitrogens with one attached hydrogen (secondary N) is 2. The van der Waals surface area contributed by atoms with Crippen LogP contribution in [0.25, 0.3) is 11.0 Å². The van der Waals surface area contributed by atoms with Crippen LogP contribution >= 0.6 is 23.8 Å². The maximum absolute atomic E-state index is 13.5. The van der Waals surface area contributed by atoms with E-state index in [0.29, 0.717) is 28.9 Å². The fraction of sp³-hybridized carbons (Fsp3) is 0.333. The first kappa shape index (κ1) is 14.8. The van der Waals surface area contributed by atoms with Crippen LogP contribution in [0, 0.1) is 10.6 Å². The number of benzene rings is 1. The number of carbonyl (C=O) groups is 1. The second-order valence-corrected chi connectivity index (χ2v) is 5.29. The van der Waals surface area contributed by atoms with Gasteiger partial charge in [0.25, 0.3) is 0 Å². The Morgan fingerprint density at radius 1 is 1.55 bits per heavy atom. The Morgan fingerprint density at radius 2 is 2.25 bits per heavy atom. The summed E-state index contributed by atoms with van der Waals surface area (Å²) in [5.74, 6) is -0.501. The summed E-state index contributed by atoms with van der Waals surface area (Å²) >= 11 is 10.9. The zero-order valence-corrected chi connectivity index (χ0v) is 12.6. The van der Waals surface area contributed by atoms with Crippen molar-refractivity contribution in [3.63, 3.8) is 0 Å². The van der Waals surface area contributed by atoms with E-state index in [4.69, 9.17) is 23.8 Å². The van der Waals surface area contributed by atoms with Crippen LogP contribution in [0.1, 0.15) is 0 Å². The van der Waals surface area contributed by atoms with Gasteiger partial charge in [0, 0.05) is 33.3 Å². The summed E-state index contributed by atoms with van der Waals surface area (Å²) in [6.07, 6.45) is 0. The highest BCUT2D eigenvalue weighted by molar-refractivity contribution is 7.71. The Hall–Kier alpha value is -1.60. The van der Waals surface area contributed by atoms with Crippen LogP contribution in [-0.4, -0.2) is 41.1 Å². The van der Waals surface area contributed by atoms with Gasteiger partial charge in [0.05, 0.1) is 16.1 Å². The van der Waals surface area contributed by atoms with Gasteiger partial charge in [-0.1, -0.05) is 11.6 Å². The van der Waals surface area contributed by atoms with Crippen molar-refractivity contribution in [3.8, 4) is 0 Å². The molecule has 0 saturated heterocycles. The molecule has 2 rings (SSSR count). The third-order valence-corrected chi connectivity index (χ3v) is 3.45. The second-order valence-electron chi connectivity index (χ2n) is 4.49. The molecule has 108 valence electrons. The largest absolute Gasteiger partial charge is 0.336 e. The summed E-state index contributed by atoms with van der Waals surface area (Å²) in [4.78, 5) is 15.8. The summed E-state index contributed by atoms with van der Waals surface area (Å²) in [5.41, 5.74) is 1.29. The average molecular weight is 317 g/mol. The van der Waals surface area contributed by atoms with E-state index >= 15 is 0 Å². The molecule has 1 aromatic carbocycles. The van der Waals surface area contributed by atoms with E-state index in [0.717, 1.165) is 0 Å². The molecule has 2 amide bonds. The zero-order valence-electron chi connectivity index (χ0n) is 11.0. The molecule has 8 heteroatoms. The Morgan fingerprint density at radius 3 is 2.90 bits per heavy atom. The minimum atomic E-state index is -0.501. The monoisotopic (exact) mass is 316 g/mol. The average Bonchev–Trinajstić information content (AvgIpc) is 2.66. The minimum Gasteiger partial charge on any atom is -0.336 e. The van der Waals surface area contributed by atoms with Gasteiger partial charge in [-0.15, -0.1) is 0 Å². The van der Waals surface area contributed by atoms with Crippen molar-refractivity contribution in [1.82, 2.24) is 19.8 Å². The number of H-pyrrole nitrogens is 1. The summed E-state index contributed by atoms with van der Waals surface area (Å²) in [7, 11) is 3.31. The molecule has 0 fully saturated rings. The van der Waals surface area contributed by atoms with Gasteiger partial charge in [-0.2, -0.15) is 0 Å². The zero-order chi connectivity index (χ0) is 14.9. The highest BCUT2D eigenvalue weighted by Gasteiger charge is 2.09. The first-order chi connectivity index (χ1) is 9.40. The molecule has 0 spiro atoms. The molecule has 0 aliphatic rings. The number of aromatic nitrogens is 2. The number of aromatic amines is 1. The third kappa shape index (κ3) is 2.94. The topological polar surface area (TPSA) is 53.1 Å². The lowest BCUT2D eigenvalue weighted by molar-refractivity contribution is 0.217. The molecular weight excluding hydrogens is 303 g/mol. The van der Waals surface area contributed by atoms with Crippen LogP contribution in [-0.2, 0) is 6.54 Å². The maximum Gasteiger partial charge on any atom is 0.316 e. The number of hydrogen-bond acceptors (Lipinski definition) is 2. The van der Waals surface area contributed by atoms with Gasteiger partial charge in [-0.05, 0) is 18.3 Å². The quantitative estimate of drug-likeness (QED) is 0.856. The van der Waals surface area contributed by atoms with E-state index < -0.39 is 5.82 Å². The van der Waals surface area contributed by atoms with E-state index in [1.54, 1.807) is 18.7 Å². The molecule has 0 bridgehead atoms. The van der Waals surface area contributed by atoms with E-state index in [2.05, 4.69) is 10.3 Å². The van der Waals surface area contributed by atoms with Gasteiger partial charge < -0.3 is 19.8 Å². The third-order valence-electron chi connectivity index (χ3n) is 2.83. The summed E-state index contributed by atoms with van der Waals surface area (Å²) in [6, 6.07) is 2.64. The fourth-order valence-electron chi connectivity index (χ4n) is 1.81. The van der Waals surface area contributed by atoms with Crippen LogP contribution in [0.2, 0.25) is 5.02 Å². The molecule has 0 aliphatic heterocycles. The Kier molecular flexibility index (Phi) is 4.29. The predicted molar refractivity (Wildman–Crippen MR) is 79.2 cm³/mol. The fourth-order valence-corrected chi connectivity index (χ4v) is 2.27. The molecule has 1 aromatic heterocycles. The van der Waals surface area contributed by atoms with Crippen LogP contribution in [0.5, 0.6) is 0 Å². The van der Waals surface area contributed by atoms with E-state index in [1.165, 1.54) is 17.0 Å². The molecule has 1 heterocycles. The molecule has 0 radical (unpaired) electrons. The Labute approximate surface area is 125 Å². The number of halogens is 2. The number of imidazole rings is 1. The number of fused-ring (bicyclic) bond motifs is 1. The Balaban J connectivity index is 2.22. The van der Waals surface area contributed by atoms with Gasteiger partial charge in [-0.25, -0.2) is 9.18 Å². The standard InChI is InChI=1S/C12H14ClFN4OS/c1-17(2)11(19)15-3-4-18-10-6-8(14)7(13)5-9(10)16-12(18)20/h5-6H,3-4H2,1-2H3,(H,15,19)(H,16,20). The summed E-state index contributed by atoms with van der Waals surface area (Å²) in [6.45, 7) is 0.835. The first-order valence-electron chi connectivity index (χ1n) is 5.93. The van der Waals surface area contributed by atoms with E-state index in [1.807, 2.05) is 0 Å². The van der Waals surface area contributed by atoms with Gasteiger partial charge in [0.1, 0.15) is 5.82 Å². The molecule has 2 aromatic rings. The SMILES string of the molecule is CN(C)C(=O)NCCn1c(=S)[nH]c2cc(Cl)c(F)cc21. The molecule has 20 heavy (non-hydrogen) atoms. The molecule has 0 saturated carbocycles. The molecule has 0 unspecified atom stereocenters. The number of carbonyl (C=O) groups excluding carboxylic acids is 1. The minimum absolute atomic E-state index is 0.0433. The van der Waals surface area contributed by atoms with Gasteiger partial charge >= 0.3 is 6.03 Å². The lowest BCUT2D eigenvalue weighted by Gasteiger charge is -2.12. The van der Waals surface area contributed by atoms with Crippen molar-refractivity contribution in [2.24, 2.45) is 0 Å². The van der Waals surface area contributed by atoms with E-state index in [9.17, 15) is 9.18 Å². The lowest BCUT2D eigenvalue weighted by atomic mass is 10.3. The molecule has 2 N–H and O–H groups in total. The van der Waals surface area contributed by atoms with Crippen molar-refractivity contribution >= 4 is 40.9 Å². The van der Waals surface area contributed by atoms with Crippen LogP contribution in [0.4, 0.5) is 9.18 Å². The molecule has 0 aliphatic carbocycles. The van der Waals surface area contributed by atoms with Crippen LogP contribution in [0.3, 0.4) is 0 Å². The van der Waals surface area contributed by atoms with E-state index in [-0.39, 0.29) is 11.1 Å². The Bertz CT molecular complexity index is 709. The molecular formula is C12H14ClFN4OS. The van der Waals surface area contributed by atoms with Crippen molar-refractivity contribution < 1.29 is 9.18 Å². The number of urea groups is 1. The highest BCUT2D eigenvalue weighted by Crippen LogP contribution is 2.22. The smallest absolute Gasteiger partial charge is 0.316 e. The first-order valence-corrected chi connectivity index (χ1v) is 6.71. The summed E-state index contributed by atoms with van der Waals surface area (Å²) in [5, 5.41) is 2.77. The van der Waals surface area contributed by atoms with Crippen molar-refractivity contribution in [2.45, 2.75) is 6.54 Å². The van der Waals surface area contributed by atoms with Gasteiger partial charge in [0.2, 0.25) is 0 Å². The summed E-state index contributed by atoms with van der Waals surface area (Å²) < 4.78 is 15.7. The number of amides is 2. The van der Waals surface area contributed by atoms with Gasteiger partial charge in [0.15, 0.2) is 4.77 Å². The normalized spacial score (nSPS) is 10.8. The maximum atomic E-state index is 13.5. The second kappa shape index (κ2) is 5.80. The van der Waals surface area contributed by atoms with Crippen molar-refractivity contribution in [3.05, 3.63) is 27.7 Å². The predicted octanol–water partition coefficient (Wildman–Crippen LogP) is 2.76. The molecule has 0 atom stereocenters. The van der Waals surface area contributed by atoms with Crippen LogP contribution < -0.4 is 5.32 Å². The van der Waals surface area contributed by atoms with Crippen LogP contribution in [0.15, 0.2) is 12.1 Å². The molecule has 5 nitrogen and oxygen atoms in total. The lowest BCUT2D eigenvalue weighted by Crippen LogP contribution is -2.36. The number of nitrogens with zero attached hydrogens (tertiary/aromatic N) is 2. The highest BCUT2D eigenvalue weighted by atomic mass is 35.5.